The fourth-order valence-corrected chi connectivity index (χ4v) is 2.17. The van der Waals surface area contributed by atoms with Gasteiger partial charge in [0.1, 0.15) is 5.52 Å². The number of nitrogens with one attached hydrogen (secondary N) is 1. The second kappa shape index (κ2) is 5.86. The summed E-state index contributed by atoms with van der Waals surface area (Å²) >= 11 is 0. The van der Waals surface area contributed by atoms with Crippen molar-refractivity contribution in [1.29, 1.82) is 0 Å². The van der Waals surface area contributed by atoms with E-state index in [9.17, 15) is 10.1 Å². The average Bonchev–Trinajstić information content (AvgIpc) is 2.45. The van der Waals surface area contributed by atoms with Gasteiger partial charge in [-0.15, -0.1) is 0 Å². The first kappa shape index (κ1) is 14.2. The zero-order valence-electron chi connectivity index (χ0n) is 12.0. The first-order valence-corrected chi connectivity index (χ1v) is 6.83. The van der Waals surface area contributed by atoms with Crippen LogP contribution in [0.2, 0.25) is 0 Å². The van der Waals surface area contributed by atoms with Crippen LogP contribution in [0.5, 0.6) is 0 Å². The number of hydrogen-bond donors (Lipinski definition) is 1. The summed E-state index contributed by atoms with van der Waals surface area (Å²) in [5.41, 5.74) is 1.37. The van der Waals surface area contributed by atoms with E-state index in [2.05, 4.69) is 31.1 Å². The Bertz CT molecular complexity index is 628. The molecular formula is C15H19N3O2. The average molecular weight is 273 g/mol. The van der Waals surface area contributed by atoms with Gasteiger partial charge in [0, 0.05) is 29.4 Å². The van der Waals surface area contributed by atoms with Gasteiger partial charge < -0.3 is 5.32 Å². The highest BCUT2D eigenvalue weighted by atomic mass is 16.6. The minimum Gasteiger partial charge on any atom is -0.382 e. The molecule has 0 amide bonds. The maximum absolute atomic E-state index is 11.0. The lowest BCUT2D eigenvalue weighted by molar-refractivity contribution is -0.383. The van der Waals surface area contributed by atoms with Crippen LogP contribution in [0.25, 0.3) is 10.9 Å². The number of para-hydroxylation sites is 1. The molecule has 0 fully saturated rings. The second-order valence-corrected chi connectivity index (χ2v) is 5.11. The lowest BCUT2D eigenvalue weighted by atomic mass is 10.0. The van der Waals surface area contributed by atoms with Crippen LogP contribution in [0.4, 0.5) is 11.4 Å². The van der Waals surface area contributed by atoms with E-state index >= 15 is 0 Å². The third-order valence-corrected chi connectivity index (χ3v) is 3.83. The van der Waals surface area contributed by atoms with E-state index in [0.29, 0.717) is 17.5 Å². The molecule has 1 aromatic heterocycles. The third kappa shape index (κ3) is 2.71. The first-order chi connectivity index (χ1) is 9.54. The van der Waals surface area contributed by atoms with Crippen molar-refractivity contribution in [2.24, 2.45) is 5.92 Å². The molecule has 0 radical (unpaired) electrons. The van der Waals surface area contributed by atoms with Crippen LogP contribution in [0.15, 0.2) is 30.5 Å². The van der Waals surface area contributed by atoms with Gasteiger partial charge >= 0.3 is 0 Å². The Morgan fingerprint density at radius 3 is 2.75 bits per heavy atom. The quantitative estimate of drug-likeness (QED) is 0.660. The Morgan fingerprint density at radius 1 is 1.35 bits per heavy atom. The SMILES string of the molecule is CCC(C)C(C)Nc1ccnc2c([N+](=O)[O-])cccc12. The molecule has 0 aliphatic heterocycles. The summed E-state index contributed by atoms with van der Waals surface area (Å²) in [6.07, 6.45) is 2.69. The van der Waals surface area contributed by atoms with Crippen molar-refractivity contribution in [3.63, 3.8) is 0 Å². The summed E-state index contributed by atoms with van der Waals surface area (Å²) in [6.45, 7) is 6.46. The van der Waals surface area contributed by atoms with Gasteiger partial charge in [0.25, 0.3) is 5.69 Å². The molecular weight excluding hydrogens is 254 g/mol. The Labute approximate surface area is 118 Å². The van der Waals surface area contributed by atoms with Gasteiger partial charge in [-0.3, -0.25) is 10.1 Å². The lowest BCUT2D eigenvalue weighted by Crippen LogP contribution is -2.23. The smallest absolute Gasteiger partial charge is 0.295 e. The van der Waals surface area contributed by atoms with Crippen molar-refractivity contribution in [3.05, 3.63) is 40.6 Å². The van der Waals surface area contributed by atoms with Gasteiger partial charge in [0.2, 0.25) is 0 Å². The molecule has 20 heavy (non-hydrogen) atoms. The Hall–Kier alpha value is -2.17. The molecule has 5 nitrogen and oxygen atoms in total. The fraction of sp³-hybridized carbons (Fsp3) is 0.400. The standard InChI is InChI=1S/C15H19N3O2/c1-4-10(2)11(3)17-13-8-9-16-15-12(13)6-5-7-14(15)18(19)20/h5-11H,4H2,1-3H3,(H,16,17). The number of nitro groups is 1. The highest BCUT2D eigenvalue weighted by Crippen LogP contribution is 2.29. The lowest BCUT2D eigenvalue weighted by Gasteiger charge is -2.21. The summed E-state index contributed by atoms with van der Waals surface area (Å²) < 4.78 is 0. The molecule has 0 saturated heterocycles. The van der Waals surface area contributed by atoms with E-state index in [1.165, 1.54) is 6.07 Å². The summed E-state index contributed by atoms with van der Waals surface area (Å²) in [7, 11) is 0. The van der Waals surface area contributed by atoms with Crippen LogP contribution >= 0.6 is 0 Å². The van der Waals surface area contributed by atoms with E-state index in [-0.39, 0.29) is 5.69 Å². The summed E-state index contributed by atoms with van der Waals surface area (Å²) in [6, 6.07) is 7.20. The number of aromatic nitrogens is 1. The van der Waals surface area contributed by atoms with Gasteiger partial charge in [-0.1, -0.05) is 32.4 Å². The van der Waals surface area contributed by atoms with E-state index in [1.54, 1.807) is 12.3 Å². The molecule has 1 aromatic carbocycles. The number of hydrogen-bond acceptors (Lipinski definition) is 4. The monoisotopic (exact) mass is 273 g/mol. The zero-order chi connectivity index (χ0) is 14.7. The minimum atomic E-state index is -0.392. The van der Waals surface area contributed by atoms with E-state index in [0.717, 1.165) is 17.5 Å². The zero-order valence-corrected chi connectivity index (χ0v) is 12.0. The Morgan fingerprint density at radius 2 is 2.10 bits per heavy atom. The number of rotatable bonds is 5. The van der Waals surface area contributed by atoms with Crippen LogP contribution in [0, 0.1) is 16.0 Å². The maximum Gasteiger partial charge on any atom is 0.295 e. The Balaban J connectivity index is 2.45. The number of pyridine rings is 1. The van der Waals surface area contributed by atoms with Crippen molar-refractivity contribution < 1.29 is 4.92 Å². The number of nitrogens with zero attached hydrogens (tertiary/aromatic N) is 2. The molecule has 0 bridgehead atoms. The number of fused-ring (bicyclic) bond motifs is 1. The molecule has 2 rings (SSSR count). The normalized spacial score (nSPS) is 13.9. The molecule has 0 aliphatic carbocycles. The largest absolute Gasteiger partial charge is 0.382 e. The first-order valence-electron chi connectivity index (χ1n) is 6.83. The molecule has 2 aromatic rings. The molecule has 106 valence electrons. The third-order valence-electron chi connectivity index (χ3n) is 3.83. The molecule has 5 heteroatoms. The minimum absolute atomic E-state index is 0.0438. The van der Waals surface area contributed by atoms with Crippen molar-refractivity contribution >= 4 is 22.3 Å². The van der Waals surface area contributed by atoms with Crippen molar-refractivity contribution in [2.75, 3.05) is 5.32 Å². The van der Waals surface area contributed by atoms with E-state index in [1.807, 2.05) is 12.1 Å². The predicted octanol–water partition coefficient (Wildman–Crippen LogP) is 3.99. The maximum atomic E-state index is 11.0. The topological polar surface area (TPSA) is 68.1 Å². The number of non-ortho nitro benzene ring substituents is 1. The van der Waals surface area contributed by atoms with Gasteiger partial charge in [0.15, 0.2) is 0 Å². The van der Waals surface area contributed by atoms with Crippen molar-refractivity contribution in [1.82, 2.24) is 4.98 Å². The summed E-state index contributed by atoms with van der Waals surface area (Å²) in [5, 5.41) is 15.3. The van der Waals surface area contributed by atoms with Crippen LogP contribution in [-0.2, 0) is 0 Å². The van der Waals surface area contributed by atoms with E-state index < -0.39 is 4.92 Å². The number of nitro benzene ring substituents is 1. The molecule has 1 N–H and O–H groups in total. The van der Waals surface area contributed by atoms with Crippen molar-refractivity contribution in [3.8, 4) is 0 Å². The second-order valence-electron chi connectivity index (χ2n) is 5.11. The summed E-state index contributed by atoms with van der Waals surface area (Å²) in [5.74, 6) is 0.525. The Kier molecular flexibility index (Phi) is 4.17. The molecule has 1 heterocycles. The molecule has 2 atom stereocenters. The van der Waals surface area contributed by atoms with Crippen LogP contribution in [-0.4, -0.2) is 15.9 Å². The fourth-order valence-electron chi connectivity index (χ4n) is 2.17. The molecule has 0 spiro atoms. The van der Waals surface area contributed by atoms with Gasteiger partial charge in [-0.05, 0) is 18.9 Å². The highest BCUT2D eigenvalue weighted by Gasteiger charge is 2.16. The summed E-state index contributed by atoms with van der Waals surface area (Å²) in [4.78, 5) is 14.8. The van der Waals surface area contributed by atoms with E-state index in [4.69, 9.17) is 0 Å². The molecule has 0 saturated carbocycles. The molecule has 2 unspecified atom stereocenters. The van der Waals surface area contributed by atoms with Crippen LogP contribution in [0.1, 0.15) is 27.2 Å². The molecule has 0 aliphatic rings. The highest BCUT2D eigenvalue weighted by molar-refractivity contribution is 5.96. The van der Waals surface area contributed by atoms with Crippen LogP contribution < -0.4 is 5.32 Å². The van der Waals surface area contributed by atoms with Gasteiger partial charge in [-0.25, -0.2) is 4.98 Å². The predicted molar refractivity (Wildman–Crippen MR) is 80.9 cm³/mol. The van der Waals surface area contributed by atoms with Crippen molar-refractivity contribution in [2.45, 2.75) is 33.2 Å². The van der Waals surface area contributed by atoms with Gasteiger partial charge in [0.05, 0.1) is 4.92 Å². The number of anilines is 1. The number of benzene rings is 1. The van der Waals surface area contributed by atoms with Crippen LogP contribution in [0.3, 0.4) is 0 Å². The van der Waals surface area contributed by atoms with Gasteiger partial charge in [-0.2, -0.15) is 0 Å².